The first-order valence-corrected chi connectivity index (χ1v) is 5.40. The van der Waals surface area contributed by atoms with Crippen molar-refractivity contribution in [2.45, 2.75) is 0 Å². The van der Waals surface area contributed by atoms with Crippen molar-refractivity contribution >= 4 is 28.0 Å². The highest BCUT2D eigenvalue weighted by Gasteiger charge is 2.07. The lowest BCUT2D eigenvalue weighted by molar-refractivity contribution is -0.135. The van der Waals surface area contributed by atoms with Crippen molar-refractivity contribution in [1.29, 1.82) is 0 Å². The molecule has 0 saturated heterocycles. The molecule has 0 aromatic heterocycles. The molecule has 0 bridgehead atoms. The maximum absolute atomic E-state index is 12.6. The van der Waals surface area contributed by atoms with E-state index in [-0.39, 0.29) is 5.82 Å². The van der Waals surface area contributed by atoms with Crippen LogP contribution in [0, 0.1) is 5.82 Å². The van der Waals surface area contributed by atoms with E-state index in [0.29, 0.717) is 10.9 Å². The lowest BCUT2D eigenvalue weighted by atomic mass is 10.1. The minimum absolute atomic E-state index is 0.300. The second-order valence-electron chi connectivity index (χ2n) is 2.85. The average Bonchev–Trinajstić information content (AvgIpc) is 2.27. The van der Waals surface area contributed by atoms with Crippen molar-refractivity contribution in [1.82, 2.24) is 0 Å². The molecule has 80 valence electrons. The normalized spacial score (nSPS) is 11.3. The number of alkyl halides is 1. The monoisotopic (exact) mass is 272 g/mol. The maximum Gasteiger partial charge on any atom is 0.334 e. The molecule has 0 unspecified atom stereocenters. The van der Waals surface area contributed by atoms with Gasteiger partial charge >= 0.3 is 5.97 Å². The third kappa shape index (κ3) is 3.47. The number of methoxy groups -OCH3 is 1. The van der Waals surface area contributed by atoms with E-state index in [0.717, 1.165) is 5.56 Å². The molecule has 15 heavy (non-hydrogen) atoms. The standard InChI is InChI=1S/C11H10BrFO2/c1-15-11(14)9(7-12)6-8-2-4-10(13)5-3-8/h2-6H,7H2,1H3/b9-6+. The summed E-state index contributed by atoms with van der Waals surface area (Å²) in [4.78, 5) is 11.2. The highest BCUT2D eigenvalue weighted by Crippen LogP contribution is 2.11. The minimum atomic E-state index is -0.392. The van der Waals surface area contributed by atoms with Gasteiger partial charge in [0.25, 0.3) is 0 Å². The predicted molar refractivity (Wildman–Crippen MR) is 60.2 cm³/mol. The zero-order chi connectivity index (χ0) is 11.3. The summed E-state index contributed by atoms with van der Waals surface area (Å²) in [5.41, 5.74) is 1.25. The molecule has 1 aromatic rings. The van der Waals surface area contributed by atoms with Crippen LogP contribution in [0.15, 0.2) is 29.8 Å². The van der Waals surface area contributed by atoms with Gasteiger partial charge in [0.15, 0.2) is 0 Å². The van der Waals surface area contributed by atoms with Gasteiger partial charge in [0.05, 0.1) is 7.11 Å². The molecule has 0 aliphatic carbocycles. The van der Waals surface area contributed by atoms with E-state index in [1.54, 1.807) is 18.2 Å². The van der Waals surface area contributed by atoms with E-state index in [1.807, 2.05) is 0 Å². The van der Waals surface area contributed by atoms with Crippen LogP contribution in [0.5, 0.6) is 0 Å². The van der Waals surface area contributed by atoms with Gasteiger partial charge in [-0.15, -0.1) is 0 Å². The number of carbonyl (C=O) groups excluding carboxylic acids is 1. The zero-order valence-electron chi connectivity index (χ0n) is 8.17. The second-order valence-corrected chi connectivity index (χ2v) is 3.41. The fourth-order valence-electron chi connectivity index (χ4n) is 1.04. The van der Waals surface area contributed by atoms with Crippen LogP contribution in [0.2, 0.25) is 0 Å². The van der Waals surface area contributed by atoms with Gasteiger partial charge in [0.1, 0.15) is 5.82 Å². The summed E-state index contributed by atoms with van der Waals surface area (Å²) in [5, 5.41) is 0.400. The van der Waals surface area contributed by atoms with Crippen LogP contribution in [0.4, 0.5) is 4.39 Å². The van der Waals surface area contributed by atoms with E-state index < -0.39 is 5.97 Å². The number of benzene rings is 1. The van der Waals surface area contributed by atoms with Crippen molar-refractivity contribution in [3.8, 4) is 0 Å². The van der Waals surface area contributed by atoms with Gasteiger partial charge in [-0.2, -0.15) is 0 Å². The summed E-state index contributed by atoms with van der Waals surface area (Å²) in [6.07, 6.45) is 1.65. The highest BCUT2D eigenvalue weighted by atomic mass is 79.9. The largest absolute Gasteiger partial charge is 0.466 e. The Morgan fingerprint density at radius 1 is 1.47 bits per heavy atom. The number of rotatable bonds is 3. The van der Waals surface area contributed by atoms with Crippen LogP contribution >= 0.6 is 15.9 Å². The van der Waals surface area contributed by atoms with Gasteiger partial charge < -0.3 is 4.74 Å². The first-order chi connectivity index (χ1) is 7.17. The molecule has 2 nitrogen and oxygen atoms in total. The summed E-state index contributed by atoms with van der Waals surface area (Å²) < 4.78 is 17.2. The molecule has 0 N–H and O–H groups in total. The van der Waals surface area contributed by atoms with Crippen LogP contribution in [-0.2, 0) is 9.53 Å². The quantitative estimate of drug-likeness (QED) is 0.481. The van der Waals surface area contributed by atoms with E-state index in [2.05, 4.69) is 20.7 Å². The Hall–Kier alpha value is -1.16. The van der Waals surface area contributed by atoms with Crippen molar-refractivity contribution in [3.63, 3.8) is 0 Å². The van der Waals surface area contributed by atoms with E-state index in [9.17, 15) is 9.18 Å². The lowest BCUT2D eigenvalue weighted by Crippen LogP contribution is -2.05. The van der Waals surface area contributed by atoms with Gasteiger partial charge in [-0.3, -0.25) is 0 Å². The molecule has 0 spiro atoms. The minimum Gasteiger partial charge on any atom is -0.466 e. The van der Waals surface area contributed by atoms with Crippen LogP contribution < -0.4 is 0 Å². The Labute approximate surface area is 95.9 Å². The molecule has 0 aliphatic heterocycles. The van der Waals surface area contributed by atoms with Crippen LogP contribution in [0.3, 0.4) is 0 Å². The summed E-state index contributed by atoms with van der Waals surface area (Å²) in [6, 6.07) is 5.88. The molecule has 1 rings (SSSR count). The zero-order valence-corrected chi connectivity index (χ0v) is 9.75. The number of hydrogen-bond acceptors (Lipinski definition) is 2. The molecule has 1 aromatic carbocycles. The van der Waals surface area contributed by atoms with E-state index in [4.69, 9.17) is 0 Å². The fraction of sp³-hybridized carbons (Fsp3) is 0.182. The smallest absolute Gasteiger partial charge is 0.334 e. The molecule has 0 heterocycles. The topological polar surface area (TPSA) is 26.3 Å². The Balaban J connectivity index is 2.93. The molecule has 0 saturated carbocycles. The summed E-state index contributed by atoms with van der Waals surface area (Å²) in [5.74, 6) is -0.693. The number of ether oxygens (including phenoxy) is 1. The van der Waals surface area contributed by atoms with Crippen molar-refractivity contribution in [3.05, 3.63) is 41.2 Å². The Bertz CT molecular complexity index is 371. The molecular weight excluding hydrogens is 263 g/mol. The third-order valence-electron chi connectivity index (χ3n) is 1.80. The van der Waals surface area contributed by atoms with Crippen LogP contribution in [0.25, 0.3) is 6.08 Å². The summed E-state index contributed by atoms with van der Waals surface area (Å²) >= 11 is 3.19. The van der Waals surface area contributed by atoms with Crippen molar-refractivity contribution in [2.75, 3.05) is 12.4 Å². The van der Waals surface area contributed by atoms with Gasteiger partial charge in [-0.1, -0.05) is 28.1 Å². The highest BCUT2D eigenvalue weighted by molar-refractivity contribution is 9.09. The van der Waals surface area contributed by atoms with E-state index >= 15 is 0 Å². The lowest BCUT2D eigenvalue weighted by Gasteiger charge is -2.01. The SMILES string of the molecule is COC(=O)/C(=C/c1ccc(F)cc1)CBr. The number of carbonyl (C=O) groups is 1. The third-order valence-corrected chi connectivity index (χ3v) is 2.41. The molecule has 0 amide bonds. The Morgan fingerprint density at radius 3 is 2.53 bits per heavy atom. The molecular formula is C11H10BrFO2. The Morgan fingerprint density at radius 2 is 2.07 bits per heavy atom. The number of hydrogen-bond donors (Lipinski definition) is 0. The van der Waals surface area contributed by atoms with Crippen LogP contribution in [0.1, 0.15) is 5.56 Å². The van der Waals surface area contributed by atoms with Gasteiger partial charge in [-0.05, 0) is 23.8 Å². The van der Waals surface area contributed by atoms with Crippen LogP contribution in [-0.4, -0.2) is 18.4 Å². The molecule has 4 heteroatoms. The summed E-state index contributed by atoms with van der Waals surface area (Å²) in [6.45, 7) is 0. The van der Waals surface area contributed by atoms with Crippen molar-refractivity contribution < 1.29 is 13.9 Å². The van der Waals surface area contributed by atoms with Crippen molar-refractivity contribution in [2.24, 2.45) is 0 Å². The number of halogens is 2. The van der Waals surface area contributed by atoms with E-state index in [1.165, 1.54) is 19.2 Å². The summed E-state index contributed by atoms with van der Waals surface area (Å²) in [7, 11) is 1.32. The maximum atomic E-state index is 12.6. The van der Waals surface area contributed by atoms with Gasteiger partial charge in [-0.25, -0.2) is 9.18 Å². The molecule has 0 radical (unpaired) electrons. The first kappa shape index (κ1) is 11.9. The fourth-order valence-corrected chi connectivity index (χ4v) is 1.43. The number of esters is 1. The first-order valence-electron chi connectivity index (χ1n) is 4.28. The average molecular weight is 273 g/mol. The van der Waals surface area contributed by atoms with Gasteiger partial charge in [0, 0.05) is 10.9 Å². The Kier molecular flexibility index (Phi) is 4.49. The second kappa shape index (κ2) is 5.66. The predicted octanol–water partition coefficient (Wildman–Crippen LogP) is 2.78. The van der Waals surface area contributed by atoms with Gasteiger partial charge in [0.2, 0.25) is 0 Å². The molecule has 0 aliphatic rings. The molecule has 0 fully saturated rings. The molecule has 0 atom stereocenters.